The summed E-state index contributed by atoms with van der Waals surface area (Å²) < 4.78 is 5.65. The first-order valence-electron chi connectivity index (χ1n) is 5.55. The fraction of sp³-hybridized carbons (Fsp3) is 0.143. The third-order valence-corrected chi connectivity index (χ3v) is 3.12. The molecule has 18 heavy (non-hydrogen) atoms. The van der Waals surface area contributed by atoms with E-state index in [2.05, 4.69) is 0 Å². The third kappa shape index (κ3) is 3.16. The first kappa shape index (κ1) is 13.2. The third-order valence-electron chi connectivity index (χ3n) is 2.53. The van der Waals surface area contributed by atoms with E-state index in [-0.39, 0.29) is 0 Å². The summed E-state index contributed by atoms with van der Waals surface area (Å²) in [6.45, 7) is 0.929. The maximum absolute atomic E-state index is 6.02. The lowest BCUT2D eigenvalue weighted by molar-refractivity contribution is 0.306. The molecule has 0 heterocycles. The lowest BCUT2D eigenvalue weighted by Gasteiger charge is -2.10. The van der Waals surface area contributed by atoms with Gasteiger partial charge in [0.1, 0.15) is 6.61 Å². The summed E-state index contributed by atoms with van der Waals surface area (Å²) in [5.74, 6) is 0.513. The van der Waals surface area contributed by atoms with Gasteiger partial charge in [0, 0.05) is 6.54 Å². The molecule has 4 heteroatoms. The van der Waals surface area contributed by atoms with Crippen LogP contribution < -0.4 is 10.5 Å². The molecule has 0 aliphatic heterocycles. The number of rotatable bonds is 4. The van der Waals surface area contributed by atoms with E-state index in [1.165, 1.54) is 0 Å². The van der Waals surface area contributed by atoms with Gasteiger partial charge < -0.3 is 10.5 Å². The molecule has 0 bridgehead atoms. The summed E-state index contributed by atoms with van der Waals surface area (Å²) in [5, 5.41) is 1.02. The van der Waals surface area contributed by atoms with Crippen LogP contribution in [0.15, 0.2) is 42.5 Å². The molecule has 2 N–H and O–H groups in total. The normalized spacial score (nSPS) is 10.4. The van der Waals surface area contributed by atoms with Gasteiger partial charge in [-0.05, 0) is 23.3 Å². The summed E-state index contributed by atoms with van der Waals surface area (Å²) in [6, 6.07) is 13.2. The predicted molar refractivity (Wildman–Crippen MR) is 75.1 cm³/mol. The minimum absolute atomic E-state index is 0.414. The van der Waals surface area contributed by atoms with Crippen molar-refractivity contribution in [1.29, 1.82) is 0 Å². The topological polar surface area (TPSA) is 35.2 Å². The van der Waals surface area contributed by atoms with Gasteiger partial charge in [0.15, 0.2) is 5.75 Å². The average Bonchev–Trinajstić information content (AvgIpc) is 2.38. The standard InChI is InChI=1S/C14H13Cl2NO/c15-12-5-2-6-13(16)14(12)18-9-11-4-1-3-10(7-11)8-17/h1-7H,8-9,17H2. The van der Waals surface area contributed by atoms with Crippen LogP contribution in [0, 0.1) is 0 Å². The monoisotopic (exact) mass is 281 g/mol. The van der Waals surface area contributed by atoms with Crippen LogP contribution >= 0.6 is 23.2 Å². The Morgan fingerprint density at radius 3 is 2.22 bits per heavy atom. The molecule has 0 atom stereocenters. The number of nitrogens with two attached hydrogens (primary N) is 1. The van der Waals surface area contributed by atoms with Crippen LogP contribution in [0.3, 0.4) is 0 Å². The van der Waals surface area contributed by atoms with Crippen molar-refractivity contribution in [3.8, 4) is 5.75 Å². The fourth-order valence-electron chi connectivity index (χ4n) is 1.62. The van der Waals surface area contributed by atoms with E-state index < -0.39 is 0 Å². The number of para-hydroxylation sites is 1. The van der Waals surface area contributed by atoms with Crippen molar-refractivity contribution in [2.45, 2.75) is 13.2 Å². The molecule has 0 aromatic heterocycles. The van der Waals surface area contributed by atoms with Gasteiger partial charge in [0.05, 0.1) is 10.0 Å². The lowest BCUT2D eigenvalue weighted by Crippen LogP contribution is -2.00. The highest BCUT2D eigenvalue weighted by atomic mass is 35.5. The Morgan fingerprint density at radius 2 is 1.56 bits per heavy atom. The van der Waals surface area contributed by atoms with E-state index in [0.717, 1.165) is 11.1 Å². The molecule has 0 amide bonds. The zero-order chi connectivity index (χ0) is 13.0. The Bertz CT molecular complexity index is 523. The van der Waals surface area contributed by atoms with Crippen molar-refractivity contribution in [2.24, 2.45) is 5.73 Å². The van der Waals surface area contributed by atoms with Gasteiger partial charge in [0.2, 0.25) is 0 Å². The lowest BCUT2D eigenvalue weighted by atomic mass is 10.1. The summed E-state index contributed by atoms with van der Waals surface area (Å²) in [5.41, 5.74) is 7.70. The molecule has 0 aliphatic rings. The first-order valence-corrected chi connectivity index (χ1v) is 6.31. The van der Waals surface area contributed by atoms with Crippen LogP contribution in [-0.2, 0) is 13.2 Å². The number of halogens is 2. The molecule has 0 spiro atoms. The van der Waals surface area contributed by atoms with Gasteiger partial charge in [-0.1, -0.05) is 53.5 Å². The Labute approximate surface area is 116 Å². The van der Waals surface area contributed by atoms with E-state index in [4.69, 9.17) is 33.7 Å². The molecule has 0 saturated carbocycles. The van der Waals surface area contributed by atoms with Crippen molar-refractivity contribution >= 4 is 23.2 Å². The second-order valence-electron chi connectivity index (χ2n) is 3.86. The zero-order valence-electron chi connectivity index (χ0n) is 9.70. The molecule has 0 unspecified atom stereocenters. The highest BCUT2D eigenvalue weighted by Crippen LogP contribution is 2.32. The van der Waals surface area contributed by atoms with Crippen LogP contribution in [0.25, 0.3) is 0 Å². The Kier molecular flexibility index (Phi) is 4.48. The molecular weight excluding hydrogens is 269 g/mol. The largest absolute Gasteiger partial charge is 0.486 e. The van der Waals surface area contributed by atoms with Crippen molar-refractivity contribution < 1.29 is 4.74 Å². The summed E-state index contributed by atoms with van der Waals surface area (Å²) in [7, 11) is 0. The molecular formula is C14H13Cl2NO. The van der Waals surface area contributed by atoms with Gasteiger partial charge in [-0.2, -0.15) is 0 Å². The Balaban J connectivity index is 2.11. The van der Waals surface area contributed by atoms with Crippen LogP contribution in [-0.4, -0.2) is 0 Å². The molecule has 2 aromatic rings. The van der Waals surface area contributed by atoms with Crippen LogP contribution in [0.2, 0.25) is 10.0 Å². The fourth-order valence-corrected chi connectivity index (χ4v) is 2.13. The first-order chi connectivity index (χ1) is 8.70. The highest BCUT2D eigenvalue weighted by Gasteiger charge is 2.06. The van der Waals surface area contributed by atoms with Crippen LogP contribution in [0.5, 0.6) is 5.75 Å². The highest BCUT2D eigenvalue weighted by molar-refractivity contribution is 6.37. The second-order valence-corrected chi connectivity index (χ2v) is 4.68. The smallest absolute Gasteiger partial charge is 0.156 e. The van der Waals surface area contributed by atoms with Crippen molar-refractivity contribution in [3.05, 3.63) is 63.6 Å². The summed E-state index contributed by atoms with van der Waals surface area (Å²) >= 11 is 12.0. The maximum atomic E-state index is 6.02. The quantitative estimate of drug-likeness (QED) is 0.918. The van der Waals surface area contributed by atoms with Crippen LogP contribution in [0.1, 0.15) is 11.1 Å². The average molecular weight is 282 g/mol. The number of hydrogen-bond acceptors (Lipinski definition) is 2. The van der Waals surface area contributed by atoms with E-state index in [1.807, 2.05) is 24.3 Å². The maximum Gasteiger partial charge on any atom is 0.156 e. The van der Waals surface area contributed by atoms with Gasteiger partial charge in [-0.25, -0.2) is 0 Å². The van der Waals surface area contributed by atoms with E-state index in [9.17, 15) is 0 Å². The van der Waals surface area contributed by atoms with E-state index >= 15 is 0 Å². The van der Waals surface area contributed by atoms with E-state index in [0.29, 0.717) is 28.9 Å². The predicted octanol–water partition coefficient (Wildman–Crippen LogP) is 4.03. The SMILES string of the molecule is NCc1cccc(COc2c(Cl)cccc2Cl)c1. The minimum atomic E-state index is 0.414. The second kappa shape index (κ2) is 6.10. The minimum Gasteiger partial charge on any atom is -0.486 e. The number of benzene rings is 2. The summed E-state index contributed by atoms with van der Waals surface area (Å²) in [4.78, 5) is 0. The molecule has 0 fully saturated rings. The van der Waals surface area contributed by atoms with Gasteiger partial charge >= 0.3 is 0 Å². The van der Waals surface area contributed by atoms with Crippen molar-refractivity contribution in [3.63, 3.8) is 0 Å². The van der Waals surface area contributed by atoms with Crippen molar-refractivity contribution in [1.82, 2.24) is 0 Å². The molecule has 0 saturated heterocycles. The molecule has 94 valence electrons. The Hall–Kier alpha value is -1.22. The summed E-state index contributed by atoms with van der Waals surface area (Å²) in [6.07, 6.45) is 0. The van der Waals surface area contributed by atoms with Gasteiger partial charge in [-0.3, -0.25) is 0 Å². The van der Waals surface area contributed by atoms with Crippen LogP contribution in [0.4, 0.5) is 0 Å². The molecule has 0 radical (unpaired) electrons. The molecule has 2 nitrogen and oxygen atoms in total. The molecule has 2 rings (SSSR count). The molecule has 0 aliphatic carbocycles. The molecule has 2 aromatic carbocycles. The van der Waals surface area contributed by atoms with E-state index in [1.54, 1.807) is 18.2 Å². The van der Waals surface area contributed by atoms with Crippen molar-refractivity contribution in [2.75, 3.05) is 0 Å². The van der Waals surface area contributed by atoms with Gasteiger partial charge in [-0.15, -0.1) is 0 Å². The Morgan fingerprint density at radius 1 is 0.944 bits per heavy atom. The van der Waals surface area contributed by atoms with Gasteiger partial charge in [0.25, 0.3) is 0 Å². The zero-order valence-corrected chi connectivity index (χ0v) is 11.2. The number of hydrogen-bond donors (Lipinski definition) is 1. The number of ether oxygens (including phenoxy) is 1.